The second kappa shape index (κ2) is 3.92. The van der Waals surface area contributed by atoms with E-state index < -0.39 is 0 Å². The van der Waals surface area contributed by atoms with Crippen molar-refractivity contribution in [2.75, 3.05) is 13.1 Å². The Bertz CT molecular complexity index is 366. The van der Waals surface area contributed by atoms with Crippen LogP contribution in [-0.4, -0.2) is 23.1 Å². The van der Waals surface area contributed by atoms with E-state index in [1.165, 1.54) is 18.4 Å². The van der Waals surface area contributed by atoms with Gasteiger partial charge in [-0.05, 0) is 37.8 Å². The van der Waals surface area contributed by atoms with Crippen molar-refractivity contribution in [3.8, 4) is 0 Å². The fourth-order valence-corrected chi connectivity index (χ4v) is 2.02. The van der Waals surface area contributed by atoms with Crippen molar-refractivity contribution in [3.05, 3.63) is 27.9 Å². The average molecular weight is 193 g/mol. The molecule has 4 heteroatoms. The molecule has 1 atom stereocenters. The van der Waals surface area contributed by atoms with Crippen LogP contribution in [-0.2, 0) is 0 Å². The minimum atomic E-state index is -0.255. The molecule has 0 aliphatic carbocycles. The SMILES string of the molecule is Cc1[nH]c(=O)ncc1C1CCCNC1. The number of hydrogen-bond donors (Lipinski definition) is 2. The Labute approximate surface area is 82.8 Å². The Morgan fingerprint density at radius 1 is 1.57 bits per heavy atom. The fraction of sp³-hybridized carbons (Fsp3) is 0.600. The smallest absolute Gasteiger partial charge is 0.316 e. The molecule has 0 bridgehead atoms. The van der Waals surface area contributed by atoms with Crippen LogP contribution in [0.5, 0.6) is 0 Å². The number of nitrogens with one attached hydrogen (secondary N) is 2. The predicted octanol–water partition coefficient (Wildman–Crippen LogP) is 0.545. The van der Waals surface area contributed by atoms with Crippen molar-refractivity contribution in [1.82, 2.24) is 15.3 Å². The van der Waals surface area contributed by atoms with Crippen LogP contribution >= 0.6 is 0 Å². The molecule has 1 aromatic rings. The highest BCUT2D eigenvalue weighted by Gasteiger charge is 2.17. The third-order valence-electron chi connectivity index (χ3n) is 2.79. The van der Waals surface area contributed by atoms with Gasteiger partial charge in [0, 0.05) is 18.4 Å². The first kappa shape index (κ1) is 9.40. The first-order valence-electron chi connectivity index (χ1n) is 5.04. The van der Waals surface area contributed by atoms with Crippen LogP contribution in [0.2, 0.25) is 0 Å². The summed E-state index contributed by atoms with van der Waals surface area (Å²) in [5.41, 5.74) is 1.88. The zero-order valence-electron chi connectivity index (χ0n) is 8.34. The Kier molecular flexibility index (Phi) is 2.63. The number of aromatic nitrogens is 2. The quantitative estimate of drug-likeness (QED) is 0.684. The van der Waals surface area contributed by atoms with Crippen LogP contribution in [0.3, 0.4) is 0 Å². The number of piperidine rings is 1. The van der Waals surface area contributed by atoms with E-state index in [0.29, 0.717) is 5.92 Å². The lowest BCUT2D eigenvalue weighted by atomic mass is 9.92. The molecule has 0 aromatic carbocycles. The summed E-state index contributed by atoms with van der Waals surface area (Å²) in [6, 6.07) is 0. The minimum absolute atomic E-state index is 0.255. The van der Waals surface area contributed by atoms with Crippen molar-refractivity contribution in [2.45, 2.75) is 25.7 Å². The van der Waals surface area contributed by atoms with Gasteiger partial charge in [-0.25, -0.2) is 9.78 Å². The highest BCUT2D eigenvalue weighted by atomic mass is 16.1. The summed E-state index contributed by atoms with van der Waals surface area (Å²) >= 11 is 0. The van der Waals surface area contributed by atoms with E-state index in [1.54, 1.807) is 6.20 Å². The summed E-state index contributed by atoms with van der Waals surface area (Å²) in [5, 5.41) is 3.36. The van der Waals surface area contributed by atoms with E-state index in [4.69, 9.17) is 0 Å². The van der Waals surface area contributed by atoms with Crippen molar-refractivity contribution < 1.29 is 0 Å². The molecule has 1 aliphatic rings. The van der Waals surface area contributed by atoms with Crippen LogP contribution in [0.15, 0.2) is 11.0 Å². The molecule has 1 saturated heterocycles. The summed E-state index contributed by atoms with van der Waals surface area (Å²) in [5.74, 6) is 0.507. The van der Waals surface area contributed by atoms with Crippen molar-refractivity contribution in [1.29, 1.82) is 0 Å². The molecule has 1 aromatic heterocycles. The Hall–Kier alpha value is -1.16. The molecule has 4 nitrogen and oxygen atoms in total. The first-order chi connectivity index (χ1) is 6.77. The minimum Gasteiger partial charge on any atom is -0.316 e. The van der Waals surface area contributed by atoms with Gasteiger partial charge >= 0.3 is 5.69 Å². The zero-order valence-corrected chi connectivity index (χ0v) is 8.34. The van der Waals surface area contributed by atoms with E-state index in [1.807, 2.05) is 6.92 Å². The monoisotopic (exact) mass is 193 g/mol. The van der Waals surface area contributed by atoms with Gasteiger partial charge in [-0.15, -0.1) is 0 Å². The maximum absolute atomic E-state index is 10.9. The predicted molar refractivity (Wildman–Crippen MR) is 54.4 cm³/mol. The summed E-state index contributed by atoms with van der Waals surface area (Å²) in [6.07, 6.45) is 4.09. The van der Waals surface area contributed by atoms with Gasteiger partial charge in [0.1, 0.15) is 0 Å². The van der Waals surface area contributed by atoms with Gasteiger partial charge in [0.05, 0.1) is 0 Å². The van der Waals surface area contributed by atoms with E-state index in [9.17, 15) is 4.79 Å². The molecule has 0 amide bonds. The standard InChI is InChI=1S/C10H15N3O/c1-7-9(6-12-10(14)13-7)8-3-2-4-11-5-8/h6,8,11H,2-5H2,1H3,(H,12,13,14). The molecule has 2 rings (SSSR count). The van der Waals surface area contributed by atoms with Gasteiger partial charge in [0.15, 0.2) is 0 Å². The molecule has 0 radical (unpaired) electrons. The first-order valence-corrected chi connectivity index (χ1v) is 5.04. The van der Waals surface area contributed by atoms with Crippen LogP contribution in [0.1, 0.15) is 30.0 Å². The summed E-state index contributed by atoms with van der Waals surface area (Å²) < 4.78 is 0. The van der Waals surface area contributed by atoms with Crippen molar-refractivity contribution in [3.63, 3.8) is 0 Å². The van der Waals surface area contributed by atoms with E-state index in [2.05, 4.69) is 15.3 Å². The lowest BCUT2D eigenvalue weighted by molar-refractivity contribution is 0.458. The van der Waals surface area contributed by atoms with E-state index >= 15 is 0 Å². The molecule has 1 fully saturated rings. The summed E-state index contributed by atoms with van der Waals surface area (Å²) in [4.78, 5) is 17.5. The normalized spacial score (nSPS) is 22.2. The van der Waals surface area contributed by atoms with Gasteiger partial charge in [-0.1, -0.05) is 0 Å². The Morgan fingerprint density at radius 2 is 2.43 bits per heavy atom. The molecular formula is C10H15N3O. The van der Waals surface area contributed by atoms with E-state index in [-0.39, 0.29) is 5.69 Å². The lowest BCUT2D eigenvalue weighted by Gasteiger charge is -2.23. The molecule has 0 spiro atoms. The number of hydrogen-bond acceptors (Lipinski definition) is 3. The van der Waals surface area contributed by atoms with Gasteiger partial charge < -0.3 is 10.3 Å². The summed E-state index contributed by atoms with van der Waals surface area (Å²) in [7, 11) is 0. The molecule has 0 saturated carbocycles. The highest BCUT2D eigenvalue weighted by Crippen LogP contribution is 2.23. The second-order valence-electron chi connectivity index (χ2n) is 3.81. The second-order valence-corrected chi connectivity index (χ2v) is 3.81. The number of rotatable bonds is 1. The molecule has 14 heavy (non-hydrogen) atoms. The third kappa shape index (κ3) is 1.85. The molecule has 1 unspecified atom stereocenters. The van der Waals surface area contributed by atoms with Crippen LogP contribution < -0.4 is 11.0 Å². The summed E-state index contributed by atoms with van der Waals surface area (Å²) in [6.45, 7) is 4.04. The zero-order chi connectivity index (χ0) is 9.97. The van der Waals surface area contributed by atoms with Gasteiger partial charge in [0.25, 0.3) is 0 Å². The van der Waals surface area contributed by atoms with Crippen molar-refractivity contribution in [2.24, 2.45) is 0 Å². The number of aromatic amines is 1. The van der Waals surface area contributed by atoms with Crippen LogP contribution in [0, 0.1) is 6.92 Å². The van der Waals surface area contributed by atoms with Crippen LogP contribution in [0.25, 0.3) is 0 Å². The molecule has 2 heterocycles. The Balaban J connectivity index is 2.26. The fourth-order valence-electron chi connectivity index (χ4n) is 2.02. The van der Waals surface area contributed by atoms with Gasteiger partial charge in [-0.2, -0.15) is 0 Å². The maximum Gasteiger partial charge on any atom is 0.345 e. The number of nitrogens with zero attached hydrogens (tertiary/aromatic N) is 1. The van der Waals surface area contributed by atoms with Gasteiger partial charge in [0.2, 0.25) is 0 Å². The van der Waals surface area contributed by atoms with E-state index in [0.717, 1.165) is 18.8 Å². The van der Waals surface area contributed by atoms with Crippen LogP contribution in [0.4, 0.5) is 0 Å². The largest absolute Gasteiger partial charge is 0.345 e. The molecule has 1 aliphatic heterocycles. The lowest BCUT2D eigenvalue weighted by Crippen LogP contribution is -2.29. The molecule has 2 N–H and O–H groups in total. The maximum atomic E-state index is 10.9. The highest BCUT2D eigenvalue weighted by molar-refractivity contribution is 5.20. The number of H-pyrrole nitrogens is 1. The van der Waals surface area contributed by atoms with Gasteiger partial charge in [-0.3, -0.25) is 0 Å². The number of aryl methyl sites for hydroxylation is 1. The topological polar surface area (TPSA) is 57.8 Å². The average Bonchev–Trinajstić information content (AvgIpc) is 2.19. The molecular weight excluding hydrogens is 178 g/mol. The third-order valence-corrected chi connectivity index (χ3v) is 2.79. The molecule has 76 valence electrons. The Morgan fingerprint density at radius 3 is 3.07 bits per heavy atom. The van der Waals surface area contributed by atoms with Crippen molar-refractivity contribution >= 4 is 0 Å².